The van der Waals surface area contributed by atoms with E-state index < -0.39 is 38.1 Å². The average molecular weight is 741 g/mol. The summed E-state index contributed by atoms with van der Waals surface area (Å²) in [4.78, 5) is 0. The van der Waals surface area contributed by atoms with Crippen LogP contribution in [0.4, 0.5) is 0 Å². The first kappa shape index (κ1) is 53.2. The minimum absolute atomic E-state index is 0.677. The van der Waals surface area contributed by atoms with E-state index in [0.717, 1.165) is 97.4 Å². The van der Waals surface area contributed by atoms with Crippen molar-refractivity contribution in [2.45, 2.75) is 120 Å². The minimum atomic E-state index is -1.83. The highest BCUT2D eigenvalue weighted by Crippen LogP contribution is 2.01. The van der Waals surface area contributed by atoms with E-state index in [1.807, 2.05) is 20.8 Å². The molecule has 0 bridgehead atoms. The highest BCUT2D eigenvalue weighted by Gasteiger charge is 2.15. The molecule has 0 aromatic heterocycles. The number of unbranched alkanes of at least 4 members (excludes halogenated alkanes) is 3. The Kier molecular flexibility index (Phi) is 57.5. The van der Waals surface area contributed by atoms with Crippen molar-refractivity contribution in [1.29, 1.82) is 0 Å². The lowest BCUT2D eigenvalue weighted by atomic mass is 10.4. The lowest BCUT2D eigenvalue weighted by molar-refractivity contribution is 0.0898. The van der Waals surface area contributed by atoms with Gasteiger partial charge in [-0.1, -0.05) is 60.8 Å². The summed E-state index contributed by atoms with van der Waals surface area (Å²) in [6, 6.07) is 0. The normalized spacial score (nSPS) is 11.0. The summed E-state index contributed by atoms with van der Waals surface area (Å²) in [6.07, 6.45) is 9.83. The van der Waals surface area contributed by atoms with Gasteiger partial charge in [0.2, 0.25) is 0 Å². The second-order valence-electron chi connectivity index (χ2n) is 9.51. The summed E-state index contributed by atoms with van der Waals surface area (Å²) in [7, 11) is -2.30. The van der Waals surface area contributed by atoms with Gasteiger partial charge in [0.05, 0.1) is 0 Å². The van der Waals surface area contributed by atoms with E-state index >= 15 is 0 Å². The number of hydrogen-bond acceptors (Lipinski definition) is 12. The molecule has 0 aromatic rings. The van der Waals surface area contributed by atoms with Crippen LogP contribution >= 0.6 is 0 Å². The van der Waals surface area contributed by atoms with Gasteiger partial charge in [-0.25, -0.2) is 0 Å². The molecule has 16 heteroatoms. The van der Waals surface area contributed by atoms with Crippen LogP contribution in [0.15, 0.2) is 0 Å². The van der Waals surface area contributed by atoms with Gasteiger partial charge in [0.25, 0.3) is 0 Å². The maximum atomic E-state index is 5.67. The second-order valence-corrected chi connectivity index (χ2v) is 16.2. The Balaban J connectivity index is -0.000000266. The average Bonchev–Trinajstić information content (AvgIpc) is 3.06. The fourth-order valence-corrected chi connectivity index (χ4v) is 7.37. The predicted molar refractivity (Wildman–Crippen MR) is 196 cm³/mol. The van der Waals surface area contributed by atoms with Gasteiger partial charge in [-0.3, -0.25) is 0 Å². The van der Waals surface area contributed by atoms with Crippen molar-refractivity contribution in [1.82, 2.24) is 0 Å². The molecule has 284 valence electrons. The Bertz CT molecular complexity index is 442. The fraction of sp³-hybridized carbons (Fsp3) is 1.00. The molecule has 46 heavy (non-hydrogen) atoms. The molecule has 0 aliphatic carbocycles. The molecular weight excluding hydrogens is 665 g/mol. The first-order chi connectivity index (χ1) is 22.4. The summed E-state index contributed by atoms with van der Waals surface area (Å²) >= 11 is 0. The van der Waals surface area contributed by atoms with Crippen LogP contribution in [-0.4, -0.2) is 119 Å². The van der Waals surface area contributed by atoms with Crippen molar-refractivity contribution < 1.29 is 53.1 Å². The van der Waals surface area contributed by atoms with E-state index in [1.165, 1.54) is 0 Å². The van der Waals surface area contributed by atoms with E-state index in [1.54, 1.807) is 21.3 Å². The van der Waals surface area contributed by atoms with Crippen LogP contribution in [0.3, 0.4) is 0 Å². The third-order valence-electron chi connectivity index (χ3n) is 5.12. The molecule has 0 aromatic carbocycles. The molecule has 0 heterocycles. The Morgan fingerprint density at radius 3 is 0.696 bits per heavy atom. The van der Waals surface area contributed by atoms with Crippen molar-refractivity contribution in [3.63, 3.8) is 0 Å². The van der Waals surface area contributed by atoms with E-state index in [0.29, 0.717) is 19.8 Å². The van der Waals surface area contributed by atoms with Crippen molar-refractivity contribution in [3.8, 4) is 0 Å². The highest BCUT2D eigenvalue weighted by molar-refractivity contribution is 6.37. The van der Waals surface area contributed by atoms with Crippen molar-refractivity contribution in [2.24, 2.45) is 0 Å². The van der Waals surface area contributed by atoms with Crippen LogP contribution in [0, 0.1) is 0 Å². The molecule has 0 unspecified atom stereocenters. The zero-order valence-electron chi connectivity index (χ0n) is 31.9. The van der Waals surface area contributed by atoms with E-state index in [4.69, 9.17) is 53.1 Å². The van der Waals surface area contributed by atoms with E-state index in [2.05, 4.69) is 41.5 Å². The summed E-state index contributed by atoms with van der Waals surface area (Å²) in [6.45, 7) is 25.2. The largest absolute Gasteiger partial charge is 0.484 e. The SMILES string of the molecule is CCCCO[SiH](OCCCC)OCCCC.CCCO[SiH](OCCC)OCCC.CCO[SiH](OCC)OCC.CO[SiH](OC)OC. The van der Waals surface area contributed by atoms with Gasteiger partial charge in [-0.05, 0) is 59.3 Å². The van der Waals surface area contributed by atoms with Crippen LogP contribution in [-0.2, 0) is 53.1 Å². The zero-order valence-corrected chi connectivity index (χ0v) is 36.6. The van der Waals surface area contributed by atoms with Gasteiger partial charge in [0.15, 0.2) is 0 Å². The summed E-state index contributed by atoms with van der Waals surface area (Å²) < 4.78 is 63.4. The van der Waals surface area contributed by atoms with Crippen molar-refractivity contribution >= 4 is 38.1 Å². The van der Waals surface area contributed by atoms with Gasteiger partial charge >= 0.3 is 38.1 Å². The molecule has 0 radical (unpaired) electrons. The lowest BCUT2D eigenvalue weighted by Crippen LogP contribution is -2.28. The van der Waals surface area contributed by atoms with E-state index in [9.17, 15) is 0 Å². The van der Waals surface area contributed by atoms with Crippen molar-refractivity contribution in [3.05, 3.63) is 0 Å². The molecule has 0 aliphatic rings. The first-order valence-corrected chi connectivity index (χ1v) is 23.2. The Labute approximate surface area is 291 Å². The standard InChI is InChI=1S/C12H28O3Si.C9H22O3Si.C6H16O3Si.C3H10O3Si/c1-4-7-10-13-16(14-11-8-5-2)15-12-9-6-3;1-4-7-10-13(11-8-5-2)12-9-6-3;1-4-7-10(8-5-2)9-6-3;1-4-7(5-2)6-3/h16H,4-12H2,1-3H3;13H,4-9H2,1-3H3;10H,4-6H2,1-3H3;7H,1-3H3. The van der Waals surface area contributed by atoms with Crippen LogP contribution < -0.4 is 0 Å². The lowest BCUT2D eigenvalue weighted by Gasteiger charge is -2.16. The highest BCUT2D eigenvalue weighted by atomic mass is 28.3. The van der Waals surface area contributed by atoms with Gasteiger partial charge < -0.3 is 53.1 Å². The quantitative estimate of drug-likeness (QED) is 0.0676. The van der Waals surface area contributed by atoms with Gasteiger partial charge in [0, 0.05) is 80.8 Å². The first-order valence-electron chi connectivity index (χ1n) is 17.5. The molecule has 0 aliphatic heterocycles. The Hall–Kier alpha value is 0.388. The maximum absolute atomic E-state index is 5.67. The van der Waals surface area contributed by atoms with Crippen molar-refractivity contribution in [2.75, 3.05) is 80.8 Å². The maximum Gasteiger partial charge on any atom is 0.484 e. The van der Waals surface area contributed by atoms with Crippen LogP contribution in [0.2, 0.25) is 0 Å². The molecule has 0 fully saturated rings. The number of hydrogen-bond donors (Lipinski definition) is 0. The number of rotatable bonds is 30. The fourth-order valence-electron chi connectivity index (χ4n) is 2.74. The minimum Gasteiger partial charge on any atom is -0.379 e. The zero-order chi connectivity index (χ0) is 35.5. The summed E-state index contributed by atoms with van der Waals surface area (Å²) in [5, 5.41) is 0. The third-order valence-corrected chi connectivity index (χ3v) is 11.1. The predicted octanol–water partition coefficient (Wildman–Crippen LogP) is 5.59. The molecular formula is C30H76O12Si4. The molecule has 0 saturated carbocycles. The van der Waals surface area contributed by atoms with Gasteiger partial charge in [-0.15, -0.1) is 0 Å². The van der Waals surface area contributed by atoms with E-state index in [-0.39, 0.29) is 0 Å². The van der Waals surface area contributed by atoms with Gasteiger partial charge in [-0.2, -0.15) is 0 Å². The van der Waals surface area contributed by atoms with Crippen LogP contribution in [0.5, 0.6) is 0 Å². The van der Waals surface area contributed by atoms with Gasteiger partial charge in [0.1, 0.15) is 0 Å². The monoisotopic (exact) mass is 740 g/mol. The third kappa shape index (κ3) is 46.5. The Morgan fingerprint density at radius 2 is 0.522 bits per heavy atom. The molecule has 0 amide bonds. The van der Waals surface area contributed by atoms with Crippen LogP contribution in [0.1, 0.15) is 120 Å². The smallest absolute Gasteiger partial charge is 0.379 e. The Morgan fingerprint density at radius 1 is 0.283 bits per heavy atom. The van der Waals surface area contributed by atoms with Crippen LogP contribution in [0.25, 0.3) is 0 Å². The summed E-state index contributed by atoms with van der Waals surface area (Å²) in [5.74, 6) is 0. The second kappa shape index (κ2) is 49.8. The summed E-state index contributed by atoms with van der Waals surface area (Å²) in [5.41, 5.74) is 0. The molecule has 0 atom stereocenters. The molecule has 0 rings (SSSR count). The molecule has 0 N–H and O–H groups in total. The topological polar surface area (TPSA) is 111 Å². The molecule has 0 saturated heterocycles. The molecule has 12 nitrogen and oxygen atoms in total. The molecule has 0 spiro atoms.